The third-order valence-electron chi connectivity index (χ3n) is 2.58. The topological polar surface area (TPSA) is 0 Å². The zero-order valence-electron chi connectivity index (χ0n) is 12.5. The Morgan fingerprint density at radius 1 is 1.33 bits per heavy atom. The normalized spacial score (nSPS) is 8.56. The minimum absolute atomic E-state index is 0. The summed E-state index contributed by atoms with van der Waals surface area (Å²) in [5, 5.41) is 0. The first kappa shape index (κ1) is 22.5. The van der Waals surface area contributed by atoms with Gasteiger partial charge in [-0.05, 0) is 13.3 Å². The Labute approximate surface area is 128 Å². The summed E-state index contributed by atoms with van der Waals surface area (Å²) in [6.45, 7) is 20.8. The minimum atomic E-state index is 0. The van der Waals surface area contributed by atoms with Crippen molar-refractivity contribution in [1.82, 2.24) is 0 Å². The van der Waals surface area contributed by atoms with Gasteiger partial charge in [0.15, 0.2) is 0 Å². The Hall–Kier alpha value is -0.651. The maximum atomic E-state index is 3.49. The van der Waals surface area contributed by atoms with Gasteiger partial charge in [-0.1, -0.05) is 46.8 Å². The fourth-order valence-electron chi connectivity index (χ4n) is 1.30. The van der Waals surface area contributed by atoms with Crippen molar-refractivity contribution in [3.8, 4) is 0 Å². The zero-order chi connectivity index (χ0) is 13.8. The van der Waals surface area contributed by atoms with E-state index in [2.05, 4.69) is 61.1 Å². The first-order valence-electron chi connectivity index (χ1n) is 6.00. The van der Waals surface area contributed by atoms with Crippen LogP contribution in [-0.2, 0) is 20.1 Å². The molecule has 0 heterocycles. The van der Waals surface area contributed by atoms with Gasteiger partial charge in [0.05, 0.1) is 0 Å². The van der Waals surface area contributed by atoms with E-state index in [0.29, 0.717) is 0 Å². The van der Waals surface area contributed by atoms with Gasteiger partial charge < -0.3 is 0 Å². The van der Waals surface area contributed by atoms with Gasteiger partial charge in [-0.2, -0.15) is 28.3 Å². The molecule has 0 atom stereocenters. The molecule has 0 saturated heterocycles. The molecule has 0 saturated carbocycles. The van der Waals surface area contributed by atoms with Gasteiger partial charge in [0.25, 0.3) is 0 Å². The number of allylic oxidation sites excluding steroid dienone is 3. The van der Waals surface area contributed by atoms with Crippen LogP contribution in [0.4, 0.5) is 0 Å². The molecule has 1 aromatic rings. The fraction of sp³-hybridized carbons (Fsp3) is 0.353. The molecule has 0 aliphatic carbocycles. The van der Waals surface area contributed by atoms with Crippen LogP contribution < -0.4 is 0 Å². The van der Waals surface area contributed by atoms with Crippen LogP contribution in [0.3, 0.4) is 0 Å². The molecule has 1 heteroatoms. The van der Waals surface area contributed by atoms with E-state index in [1.165, 1.54) is 28.3 Å². The maximum absolute atomic E-state index is 3.49. The monoisotopic (exact) mass is 424 g/mol. The van der Waals surface area contributed by atoms with Gasteiger partial charge in [0.1, 0.15) is 0 Å². The first-order chi connectivity index (χ1) is 7.95. The number of hydrogen-bond donors (Lipinski definition) is 0. The van der Waals surface area contributed by atoms with E-state index >= 15 is 0 Å². The predicted molar refractivity (Wildman–Crippen MR) is 81.3 cm³/mol. The first-order valence-corrected chi connectivity index (χ1v) is 6.00. The second-order valence-electron chi connectivity index (χ2n) is 3.93. The van der Waals surface area contributed by atoms with Crippen LogP contribution in [0.2, 0.25) is 0 Å². The van der Waals surface area contributed by atoms with Crippen LogP contribution >= 0.6 is 0 Å². The molecule has 0 unspecified atom stereocenters. The molecular weight excluding hydrogens is 396 g/mol. The van der Waals surface area contributed by atoms with E-state index in [-0.39, 0.29) is 20.1 Å². The van der Waals surface area contributed by atoms with Gasteiger partial charge in [-0.25, -0.2) is 19.6 Å². The quantitative estimate of drug-likeness (QED) is 0.529. The Kier molecular flexibility index (Phi) is 18.0. The van der Waals surface area contributed by atoms with Crippen molar-refractivity contribution in [2.24, 2.45) is 0 Å². The smallest absolute Gasteiger partial charge is 0 e. The average molecular weight is 424 g/mol. The molecule has 1 aromatic carbocycles. The summed E-state index contributed by atoms with van der Waals surface area (Å²) >= 11 is 0. The standard InChI is InChI=1S/C9H13.C5H9.C3H5.Ir/c1-6-5-7(2)9(4)8(6)3;1-3-5-4-2;1-3-2;/h5H,1-4H3;3,5H,1,4H2,2H3;3H,1-2H2;/q-1;;-1;/b;5-3+;;. The third-order valence-corrected chi connectivity index (χ3v) is 2.58. The molecular formula is C17H27Ir-2. The summed E-state index contributed by atoms with van der Waals surface area (Å²) < 4.78 is 0. The van der Waals surface area contributed by atoms with Crippen LogP contribution in [0.15, 0.2) is 30.9 Å². The summed E-state index contributed by atoms with van der Waals surface area (Å²) in [6, 6.07) is 2.24. The fourth-order valence-corrected chi connectivity index (χ4v) is 1.30. The van der Waals surface area contributed by atoms with Crippen molar-refractivity contribution in [1.29, 1.82) is 0 Å². The van der Waals surface area contributed by atoms with Crippen LogP contribution in [-0.4, -0.2) is 0 Å². The van der Waals surface area contributed by atoms with Crippen LogP contribution in [0.1, 0.15) is 35.6 Å². The molecule has 2 radical (unpaired) electrons. The Morgan fingerprint density at radius 3 is 1.83 bits per heavy atom. The van der Waals surface area contributed by atoms with Crippen LogP contribution in [0.5, 0.6) is 0 Å². The molecule has 0 N–H and O–H groups in total. The molecule has 0 nitrogen and oxygen atoms in total. The predicted octanol–water partition coefficient (Wildman–Crippen LogP) is 5.43. The van der Waals surface area contributed by atoms with Gasteiger partial charge in [0.2, 0.25) is 0 Å². The van der Waals surface area contributed by atoms with Crippen molar-refractivity contribution >= 4 is 0 Å². The molecule has 18 heavy (non-hydrogen) atoms. The summed E-state index contributed by atoms with van der Waals surface area (Å²) in [6.07, 6.45) is 6.42. The largest absolute Gasteiger partial charge is 0.245 e. The molecule has 0 bridgehead atoms. The van der Waals surface area contributed by atoms with Gasteiger partial charge in [-0.3, -0.25) is 0 Å². The second kappa shape index (κ2) is 14.4. The summed E-state index contributed by atoms with van der Waals surface area (Å²) in [5.41, 5.74) is 5.75. The molecule has 0 aliphatic rings. The zero-order valence-corrected chi connectivity index (χ0v) is 14.9. The van der Waals surface area contributed by atoms with Crippen molar-refractivity contribution in [2.45, 2.75) is 41.0 Å². The van der Waals surface area contributed by atoms with E-state index in [4.69, 9.17) is 0 Å². The van der Waals surface area contributed by atoms with Gasteiger partial charge >= 0.3 is 0 Å². The minimum Gasteiger partial charge on any atom is -0.245 e. The van der Waals surface area contributed by atoms with Crippen molar-refractivity contribution < 1.29 is 20.1 Å². The van der Waals surface area contributed by atoms with E-state index in [0.717, 1.165) is 6.42 Å². The molecule has 0 amide bonds. The molecule has 106 valence electrons. The average Bonchev–Trinajstić information content (AvgIpc) is 2.49. The summed E-state index contributed by atoms with van der Waals surface area (Å²) in [7, 11) is 0. The van der Waals surface area contributed by atoms with Gasteiger partial charge in [-0.15, -0.1) is 0 Å². The molecule has 0 fully saturated rings. The number of aryl methyl sites for hydroxylation is 2. The number of rotatable bonds is 1. The van der Waals surface area contributed by atoms with E-state index in [9.17, 15) is 0 Å². The second-order valence-corrected chi connectivity index (χ2v) is 3.93. The third kappa shape index (κ3) is 10.5. The summed E-state index contributed by atoms with van der Waals surface area (Å²) in [4.78, 5) is 0. The van der Waals surface area contributed by atoms with Crippen molar-refractivity contribution in [3.63, 3.8) is 0 Å². The number of hydrogen-bond acceptors (Lipinski definition) is 0. The maximum Gasteiger partial charge on any atom is 0 e. The van der Waals surface area contributed by atoms with Crippen molar-refractivity contribution in [3.05, 3.63) is 67.0 Å². The molecule has 1 rings (SSSR count). The molecule has 0 aromatic heterocycles. The Bertz CT molecular complexity index is 307. The Balaban J connectivity index is -0.000000216. The van der Waals surface area contributed by atoms with E-state index < -0.39 is 0 Å². The van der Waals surface area contributed by atoms with Crippen LogP contribution in [0.25, 0.3) is 0 Å². The van der Waals surface area contributed by atoms with E-state index in [1.54, 1.807) is 6.08 Å². The SMILES string of the molecule is C=C[CH2-].Cc1c[c-](C)c(C)c1C.[CH2]/C=C/CC.[Ir]. The summed E-state index contributed by atoms with van der Waals surface area (Å²) in [5.74, 6) is 0. The molecule has 0 spiro atoms. The van der Waals surface area contributed by atoms with Crippen LogP contribution in [0, 0.1) is 41.5 Å². The van der Waals surface area contributed by atoms with E-state index in [1.807, 2.05) is 6.08 Å². The van der Waals surface area contributed by atoms with Crippen molar-refractivity contribution in [2.75, 3.05) is 0 Å². The Morgan fingerprint density at radius 2 is 1.78 bits per heavy atom. The molecule has 0 aliphatic heterocycles. The van der Waals surface area contributed by atoms with Gasteiger partial charge in [0, 0.05) is 20.1 Å².